The normalized spacial score (nSPS) is 18.4. The summed E-state index contributed by atoms with van der Waals surface area (Å²) in [6, 6.07) is 12.8. The predicted octanol–water partition coefficient (Wildman–Crippen LogP) is 7.06. The van der Waals surface area contributed by atoms with Gasteiger partial charge in [0.2, 0.25) is 11.8 Å². The quantitative estimate of drug-likeness (QED) is 0.210. The summed E-state index contributed by atoms with van der Waals surface area (Å²) in [5.41, 5.74) is 0.604. The monoisotopic (exact) mass is 596 g/mol. The number of nitrogens with zero attached hydrogens (tertiary/aromatic N) is 5. The van der Waals surface area contributed by atoms with Gasteiger partial charge in [-0.1, -0.05) is 42.8 Å². The van der Waals surface area contributed by atoms with Crippen molar-refractivity contribution in [3.05, 3.63) is 76.9 Å². The highest BCUT2D eigenvalue weighted by Crippen LogP contribution is 2.39. The van der Waals surface area contributed by atoms with E-state index in [9.17, 15) is 27.5 Å². The first-order valence-electron chi connectivity index (χ1n) is 14.6. The Balaban J connectivity index is 1.52. The Kier molecular flexibility index (Phi) is 7.70. The summed E-state index contributed by atoms with van der Waals surface area (Å²) >= 11 is 0. The molecule has 1 saturated heterocycles. The summed E-state index contributed by atoms with van der Waals surface area (Å²) in [5.74, 6) is -1.94. The van der Waals surface area contributed by atoms with Crippen molar-refractivity contribution >= 4 is 28.9 Å². The van der Waals surface area contributed by atoms with Gasteiger partial charge >= 0.3 is 12.1 Å². The second kappa shape index (κ2) is 11.5. The lowest BCUT2D eigenvalue weighted by Crippen LogP contribution is -2.35. The highest BCUT2D eigenvalue weighted by atomic mass is 19.4. The summed E-state index contributed by atoms with van der Waals surface area (Å²) in [5, 5.41) is 13.2. The fourth-order valence-corrected chi connectivity index (χ4v) is 6.13. The number of hydrogen-bond acceptors (Lipinski definition) is 6. The molecule has 2 aromatic heterocycles. The summed E-state index contributed by atoms with van der Waals surface area (Å²) in [4.78, 5) is 27.6. The maximum atomic E-state index is 14.7. The average Bonchev–Trinajstić information content (AvgIpc) is 3.30. The van der Waals surface area contributed by atoms with Gasteiger partial charge in [-0.05, 0) is 68.2 Å². The Morgan fingerprint density at radius 3 is 2.47 bits per heavy atom. The van der Waals surface area contributed by atoms with Gasteiger partial charge in [-0.3, -0.25) is 0 Å². The highest BCUT2D eigenvalue weighted by molar-refractivity contribution is 5.92. The topological polar surface area (TPSA) is 96.2 Å². The summed E-state index contributed by atoms with van der Waals surface area (Å²) < 4.78 is 56.4. The van der Waals surface area contributed by atoms with Crippen molar-refractivity contribution < 1.29 is 27.5 Å². The minimum Gasteiger partial charge on any atom is -0.475 e. The van der Waals surface area contributed by atoms with Crippen LogP contribution in [0, 0.1) is 11.7 Å². The van der Waals surface area contributed by atoms with Crippen molar-refractivity contribution in [2.24, 2.45) is 5.92 Å². The zero-order chi connectivity index (χ0) is 30.3. The van der Waals surface area contributed by atoms with Crippen molar-refractivity contribution in [1.82, 2.24) is 19.5 Å². The van der Waals surface area contributed by atoms with Crippen molar-refractivity contribution in [2.75, 3.05) is 16.8 Å². The molecule has 2 fully saturated rings. The molecule has 8 nitrogen and oxygen atoms in total. The number of fused-ring (bicyclic) bond motifs is 1. The molecular weight excluding hydrogens is 564 g/mol. The molecule has 4 aromatic rings. The van der Waals surface area contributed by atoms with E-state index < -0.39 is 29.4 Å². The number of piperidine rings is 1. The predicted molar refractivity (Wildman–Crippen MR) is 154 cm³/mol. The van der Waals surface area contributed by atoms with Crippen LogP contribution in [0.15, 0.2) is 48.5 Å². The molecule has 1 aliphatic carbocycles. The lowest BCUT2D eigenvalue weighted by atomic mass is 9.80. The van der Waals surface area contributed by atoms with Crippen LogP contribution in [0.4, 0.5) is 29.3 Å². The van der Waals surface area contributed by atoms with Gasteiger partial charge in [0.15, 0.2) is 11.5 Å². The minimum atomic E-state index is -4.82. The van der Waals surface area contributed by atoms with Crippen LogP contribution in [0.5, 0.6) is 0 Å². The van der Waals surface area contributed by atoms with E-state index in [1.54, 1.807) is 4.57 Å². The van der Waals surface area contributed by atoms with Crippen LogP contribution >= 0.6 is 0 Å². The molecule has 0 amide bonds. The van der Waals surface area contributed by atoms with Crippen LogP contribution < -0.4 is 10.2 Å². The van der Waals surface area contributed by atoms with Crippen LogP contribution in [0.25, 0.3) is 11.2 Å². The van der Waals surface area contributed by atoms with Crippen LogP contribution in [0.1, 0.15) is 78.8 Å². The standard InChI is InChI=1S/C31H32F4N6O2/c1-18(20-10-7-11-20)36-26-25-27(38-28(37-26)29(42)43)39-30(40-15-6-5-12-24(40)21-8-3-2-4-9-21)41(25)17-19-13-14-22(23(32)16-19)31(33,34)35/h2-4,8-9,13-14,16,18,20,24H,5-7,10-12,15,17H2,1H3,(H,42,43)(H,36,37,38)/t18-,24?/m1/s1. The number of anilines is 2. The van der Waals surface area contributed by atoms with Gasteiger partial charge < -0.3 is 19.9 Å². The number of aromatic nitrogens is 4. The van der Waals surface area contributed by atoms with E-state index in [-0.39, 0.29) is 30.1 Å². The molecule has 3 heterocycles. The fraction of sp³-hybridized carbons (Fsp3) is 0.419. The van der Waals surface area contributed by atoms with Crippen molar-refractivity contribution in [1.29, 1.82) is 0 Å². The fourth-order valence-electron chi connectivity index (χ4n) is 6.13. The molecule has 12 heteroatoms. The third-order valence-electron chi connectivity index (χ3n) is 8.62. The number of halogens is 4. The Hall–Kier alpha value is -4.22. The van der Waals surface area contributed by atoms with Gasteiger partial charge in [-0.15, -0.1) is 0 Å². The number of carboxylic acids is 1. The van der Waals surface area contributed by atoms with Crippen molar-refractivity contribution in [3.8, 4) is 0 Å². The lowest BCUT2D eigenvalue weighted by molar-refractivity contribution is -0.140. The van der Waals surface area contributed by atoms with Crippen LogP contribution in [-0.4, -0.2) is 43.2 Å². The molecule has 0 radical (unpaired) electrons. The molecule has 2 atom stereocenters. The maximum Gasteiger partial charge on any atom is 0.419 e. The number of aromatic carboxylic acids is 1. The number of carbonyl (C=O) groups is 1. The number of carboxylic acid groups (broad SMARTS) is 1. The Bertz CT molecular complexity index is 1640. The highest BCUT2D eigenvalue weighted by Gasteiger charge is 2.35. The van der Waals surface area contributed by atoms with Gasteiger partial charge in [0.05, 0.1) is 18.2 Å². The van der Waals surface area contributed by atoms with Crippen molar-refractivity contribution in [2.45, 2.75) is 70.3 Å². The number of hydrogen-bond donors (Lipinski definition) is 2. The first kappa shape index (κ1) is 28.9. The molecule has 6 rings (SSSR count). The molecule has 2 N–H and O–H groups in total. The Morgan fingerprint density at radius 1 is 1.05 bits per heavy atom. The van der Waals surface area contributed by atoms with E-state index in [1.807, 2.05) is 37.3 Å². The first-order chi connectivity index (χ1) is 20.6. The second-order valence-corrected chi connectivity index (χ2v) is 11.4. The first-order valence-corrected chi connectivity index (χ1v) is 14.6. The van der Waals surface area contributed by atoms with E-state index in [0.717, 1.165) is 56.2 Å². The SMILES string of the molecule is C[C@@H](Nc1nc(C(=O)O)nc2nc(N3CCCCC3c3ccccc3)n(Cc3ccc(C(F)(F)F)c(F)c3)c12)C1CCC1. The third-order valence-corrected chi connectivity index (χ3v) is 8.62. The number of rotatable bonds is 8. The molecule has 43 heavy (non-hydrogen) atoms. The zero-order valence-corrected chi connectivity index (χ0v) is 23.6. The smallest absolute Gasteiger partial charge is 0.419 e. The van der Waals surface area contributed by atoms with Gasteiger partial charge in [0.1, 0.15) is 11.3 Å². The average molecular weight is 597 g/mol. The molecule has 2 aliphatic rings. The molecule has 2 aromatic carbocycles. The Labute approximate surface area is 245 Å². The lowest BCUT2D eigenvalue weighted by Gasteiger charge is -2.37. The van der Waals surface area contributed by atoms with Crippen LogP contribution in [0.2, 0.25) is 0 Å². The molecule has 226 valence electrons. The number of nitrogens with one attached hydrogen (secondary N) is 1. The number of imidazole rings is 1. The van der Waals surface area contributed by atoms with E-state index in [2.05, 4.69) is 20.2 Å². The third kappa shape index (κ3) is 5.74. The maximum absolute atomic E-state index is 14.7. The summed E-state index contributed by atoms with van der Waals surface area (Å²) in [6.07, 6.45) is 1.10. The van der Waals surface area contributed by atoms with Gasteiger partial charge in [-0.25, -0.2) is 19.2 Å². The van der Waals surface area contributed by atoms with Crippen LogP contribution in [0.3, 0.4) is 0 Å². The Morgan fingerprint density at radius 2 is 1.81 bits per heavy atom. The molecular formula is C31H32F4N6O2. The van der Waals surface area contributed by atoms with Gasteiger partial charge in [0.25, 0.3) is 0 Å². The zero-order valence-electron chi connectivity index (χ0n) is 23.6. The largest absolute Gasteiger partial charge is 0.475 e. The van der Waals surface area contributed by atoms with Crippen molar-refractivity contribution in [3.63, 3.8) is 0 Å². The minimum absolute atomic E-state index is 0.0177. The van der Waals surface area contributed by atoms with E-state index in [1.165, 1.54) is 6.07 Å². The molecule has 1 aliphatic heterocycles. The van der Waals surface area contributed by atoms with E-state index in [0.29, 0.717) is 29.5 Å². The molecule has 0 spiro atoms. The summed E-state index contributed by atoms with van der Waals surface area (Å²) in [7, 11) is 0. The van der Waals surface area contributed by atoms with Crippen LogP contribution in [-0.2, 0) is 12.7 Å². The number of alkyl halides is 3. The van der Waals surface area contributed by atoms with Gasteiger partial charge in [-0.2, -0.15) is 18.2 Å². The number of benzene rings is 2. The molecule has 1 saturated carbocycles. The van der Waals surface area contributed by atoms with E-state index in [4.69, 9.17) is 4.98 Å². The summed E-state index contributed by atoms with van der Waals surface area (Å²) in [6.45, 7) is 2.63. The second-order valence-electron chi connectivity index (χ2n) is 11.4. The molecule has 0 bridgehead atoms. The van der Waals surface area contributed by atoms with Gasteiger partial charge in [0, 0.05) is 12.6 Å². The van der Waals surface area contributed by atoms with E-state index >= 15 is 0 Å². The molecule has 1 unspecified atom stereocenters.